The number of rotatable bonds is 3. The summed E-state index contributed by atoms with van der Waals surface area (Å²) in [6.07, 6.45) is 6.18. The van der Waals surface area contributed by atoms with Gasteiger partial charge >= 0.3 is 0 Å². The van der Waals surface area contributed by atoms with E-state index < -0.39 is 0 Å². The molecule has 5 nitrogen and oxygen atoms in total. The second kappa shape index (κ2) is 5.33. The first-order valence-electron chi connectivity index (χ1n) is 7.42. The summed E-state index contributed by atoms with van der Waals surface area (Å²) in [6.45, 7) is 1.08. The summed E-state index contributed by atoms with van der Waals surface area (Å²) in [5.74, 6) is 1.26. The van der Waals surface area contributed by atoms with E-state index in [0.29, 0.717) is 17.8 Å². The number of nitrogens with one attached hydrogen (secondary N) is 1. The van der Waals surface area contributed by atoms with Crippen molar-refractivity contribution >= 4 is 11.0 Å². The van der Waals surface area contributed by atoms with Gasteiger partial charge in [-0.1, -0.05) is 12.5 Å². The van der Waals surface area contributed by atoms with E-state index in [1.807, 2.05) is 24.3 Å². The van der Waals surface area contributed by atoms with E-state index in [1.165, 1.54) is 19.3 Å². The van der Waals surface area contributed by atoms with Crippen molar-refractivity contribution in [2.75, 3.05) is 6.54 Å². The Bertz CT molecular complexity index is 741. The Hall–Kier alpha value is -2.14. The number of furan rings is 1. The molecule has 1 aromatic carbocycles. The third-order valence-electron chi connectivity index (χ3n) is 4.03. The van der Waals surface area contributed by atoms with Crippen LogP contribution in [0.4, 0.5) is 0 Å². The summed E-state index contributed by atoms with van der Waals surface area (Å²) >= 11 is 0. The fourth-order valence-corrected chi connectivity index (χ4v) is 2.93. The molecule has 5 heteroatoms. The molecule has 3 aromatic rings. The number of hydrogen-bond donors (Lipinski definition) is 1. The van der Waals surface area contributed by atoms with Crippen LogP contribution < -0.4 is 5.32 Å². The van der Waals surface area contributed by atoms with Gasteiger partial charge < -0.3 is 14.2 Å². The standard InChI is InChI=1S/C16H17N3O2/c1-2-8-17-11(4-1)10-15-18-19-16(21-15)13-5-3-6-14-12(13)7-9-20-14/h3,5-7,9,11,17H,1-2,4,8,10H2. The molecule has 1 aliphatic heterocycles. The first kappa shape index (κ1) is 12.6. The van der Waals surface area contributed by atoms with Crippen LogP contribution in [-0.2, 0) is 6.42 Å². The summed E-state index contributed by atoms with van der Waals surface area (Å²) < 4.78 is 11.3. The molecule has 1 atom stereocenters. The van der Waals surface area contributed by atoms with Crippen LogP contribution in [0.1, 0.15) is 25.2 Å². The second-order valence-electron chi connectivity index (χ2n) is 5.49. The van der Waals surface area contributed by atoms with Crippen molar-refractivity contribution in [3.8, 4) is 11.5 Å². The van der Waals surface area contributed by atoms with Gasteiger partial charge in [0.15, 0.2) is 0 Å². The SMILES string of the molecule is c1cc(-c2nnc(CC3CCCCN3)o2)c2ccoc2c1. The van der Waals surface area contributed by atoms with Crippen LogP contribution in [0.2, 0.25) is 0 Å². The number of hydrogen-bond acceptors (Lipinski definition) is 5. The predicted octanol–water partition coefficient (Wildman–Crippen LogP) is 3.17. The fourth-order valence-electron chi connectivity index (χ4n) is 2.93. The molecule has 2 aromatic heterocycles. The van der Waals surface area contributed by atoms with Gasteiger partial charge in [-0.15, -0.1) is 10.2 Å². The number of piperidine rings is 1. The zero-order chi connectivity index (χ0) is 14.1. The number of nitrogens with zero attached hydrogens (tertiary/aromatic N) is 2. The van der Waals surface area contributed by atoms with E-state index in [4.69, 9.17) is 8.83 Å². The van der Waals surface area contributed by atoms with Crippen molar-refractivity contribution in [2.45, 2.75) is 31.7 Å². The number of fused-ring (bicyclic) bond motifs is 1. The molecule has 0 aliphatic carbocycles. The van der Waals surface area contributed by atoms with E-state index in [-0.39, 0.29) is 0 Å². The van der Waals surface area contributed by atoms with E-state index in [9.17, 15) is 0 Å². The van der Waals surface area contributed by atoms with Crippen molar-refractivity contribution in [1.82, 2.24) is 15.5 Å². The predicted molar refractivity (Wildman–Crippen MR) is 78.9 cm³/mol. The van der Waals surface area contributed by atoms with Crippen molar-refractivity contribution in [1.29, 1.82) is 0 Å². The van der Waals surface area contributed by atoms with Gasteiger partial charge in [-0.3, -0.25) is 0 Å². The van der Waals surface area contributed by atoms with Gasteiger partial charge in [0.2, 0.25) is 11.8 Å². The molecule has 0 radical (unpaired) electrons. The minimum atomic E-state index is 0.455. The Morgan fingerprint density at radius 2 is 2.19 bits per heavy atom. The van der Waals surface area contributed by atoms with Crippen molar-refractivity contribution in [3.63, 3.8) is 0 Å². The quantitative estimate of drug-likeness (QED) is 0.800. The van der Waals surface area contributed by atoms with Crippen molar-refractivity contribution in [3.05, 3.63) is 36.4 Å². The Morgan fingerprint density at radius 3 is 3.10 bits per heavy atom. The minimum absolute atomic E-state index is 0.455. The van der Waals surface area contributed by atoms with Crippen LogP contribution in [0.15, 0.2) is 39.4 Å². The molecule has 1 aliphatic rings. The molecule has 3 heterocycles. The lowest BCUT2D eigenvalue weighted by Crippen LogP contribution is -2.35. The Labute approximate surface area is 122 Å². The summed E-state index contributed by atoms with van der Waals surface area (Å²) in [4.78, 5) is 0. The first-order chi connectivity index (χ1) is 10.4. The third kappa shape index (κ3) is 2.45. The zero-order valence-corrected chi connectivity index (χ0v) is 11.7. The first-order valence-corrected chi connectivity index (χ1v) is 7.42. The fraction of sp³-hybridized carbons (Fsp3) is 0.375. The molecule has 0 bridgehead atoms. The van der Waals surface area contributed by atoms with Crippen LogP contribution in [0.3, 0.4) is 0 Å². The van der Waals surface area contributed by atoms with Gasteiger partial charge in [-0.2, -0.15) is 0 Å². The Kier molecular flexibility index (Phi) is 3.20. The number of aromatic nitrogens is 2. The third-order valence-corrected chi connectivity index (χ3v) is 4.03. The van der Waals surface area contributed by atoms with Crippen molar-refractivity contribution in [2.24, 2.45) is 0 Å². The zero-order valence-electron chi connectivity index (χ0n) is 11.7. The van der Waals surface area contributed by atoms with Crippen LogP contribution in [0.5, 0.6) is 0 Å². The van der Waals surface area contributed by atoms with Gasteiger partial charge in [-0.25, -0.2) is 0 Å². The van der Waals surface area contributed by atoms with Crippen LogP contribution >= 0.6 is 0 Å². The highest BCUT2D eigenvalue weighted by atomic mass is 16.4. The number of benzene rings is 1. The lowest BCUT2D eigenvalue weighted by Gasteiger charge is -2.21. The van der Waals surface area contributed by atoms with Gasteiger partial charge in [-0.05, 0) is 37.6 Å². The average Bonchev–Trinajstić information content (AvgIpc) is 3.16. The monoisotopic (exact) mass is 283 g/mol. The molecule has 0 spiro atoms. The normalized spacial score (nSPS) is 19.1. The summed E-state index contributed by atoms with van der Waals surface area (Å²) in [6, 6.07) is 8.23. The van der Waals surface area contributed by atoms with E-state index in [1.54, 1.807) is 6.26 Å². The largest absolute Gasteiger partial charge is 0.464 e. The average molecular weight is 283 g/mol. The van der Waals surface area contributed by atoms with E-state index in [0.717, 1.165) is 29.5 Å². The molecule has 1 fully saturated rings. The molecule has 0 saturated carbocycles. The van der Waals surface area contributed by atoms with Gasteiger partial charge in [0.05, 0.1) is 6.26 Å². The maximum Gasteiger partial charge on any atom is 0.248 e. The molecule has 4 rings (SSSR count). The summed E-state index contributed by atoms with van der Waals surface area (Å²) in [5.41, 5.74) is 1.76. The molecule has 1 saturated heterocycles. The topological polar surface area (TPSA) is 64.1 Å². The van der Waals surface area contributed by atoms with E-state index in [2.05, 4.69) is 15.5 Å². The highest BCUT2D eigenvalue weighted by Gasteiger charge is 2.18. The van der Waals surface area contributed by atoms with Crippen LogP contribution in [0.25, 0.3) is 22.4 Å². The summed E-state index contributed by atoms with van der Waals surface area (Å²) in [5, 5.41) is 12.9. The Morgan fingerprint density at radius 1 is 1.19 bits per heavy atom. The minimum Gasteiger partial charge on any atom is -0.464 e. The molecule has 21 heavy (non-hydrogen) atoms. The van der Waals surface area contributed by atoms with Gasteiger partial charge in [0.1, 0.15) is 5.58 Å². The molecular formula is C16H17N3O2. The maximum absolute atomic E-state index is 5.85. The Balaban J connectivity index is 1.60. The van der Waals surface area contributed by atoms with Crippen LogP contribution in [0, 0.1) is 0 Å². The molecule has 1 unspecified atom stereocenters. The lowest BCUT2D eigenvalue weighted by molar-refractivity contribution is 0.369. The van der Waals surface area contributed by atoms with Crippen molar-refractivity contribution < 1.29 is 8.83 Å². The van der Waals surface area contributed by atoms with Gasteiger partial charge in [0, 0.05) is 23.4 Å². The van der Waals surface area contributed by atoms with E-state index >= 15 is 0 Å². The summed E-state index contributed by atoms with van der Waals surface area (Å²) in [7, 11) is 0. The highest BCUT2D eigenvalue weighted by molar-refractivity contribution is 5.91. The lowest BCUT2D eigenvalue weighted by atomic mass is 10.0. The maximum atomic E-state index is 5.85. The molecular weight excluding hydrogens is 266 g/mol. The van der Waals surface area contributed by atoms with Gasteiger partial charge in [0.25, 0.3) is 0 Å². The second-order valence-corrected chi connectivity index (χ2v) is 5.49. The molecule has 1 N–H and O–H groups in total. The van der Waals surface area contributed by atoms with Crippen LogP contribution in [-0.4, -0.2) is 22.8 Å². The smallest absolute Gasteiger partial charge is 0.248 e. The molecule has 0 amide bonds. The highest BCUT2D eigenvalue weighted by Crippen LogP contribution is 2.28. The molecule has 108 valence electrons.